The lowest BCUT2D eigenvalue weighted by Gasteiger charge is -2.43. The molecule has 0 amide bonds. The van der Waals surface area contributed by atoms with Gasteiger partial charge in [-0.1, -0.05) is 92.7 Å². The van der Waals surface area contributed by atoms with Gasteiger partial charge in [0.05, 0.1) is 5.71 Å². The maximum Gasteiger partial charge on any atom is 0.319 e. The second-order valence-electron chi connectivity index (χ2n) is 8.33. The van der Waals surface area contributed by atoms with E-state index in [0.29, 0.717) is 12.1 Å². The number of nitrogens with zero attached hydrogens (tertiary/aromatic N) is 1. The molecule has 0 aliphatic heterocycles. The van der Waals surface area contributed by atoms with E-state index in [-0.39, 0.29) is 5.04 Å². The number of hydrogen-bond donors (Lipinski definition) is 1. The van der Waals surface area contributed by atoms with Gasteiger partial charge in [0.25, 0.3) is 0 Å². The lowest BCUT2D eigenvalue weighted by molar-refractivity contribution is 0.318. The Labute approximate surface area is 180 Å². The van der Waals surface area contributed by atoms with Crippen LogP contribution in [0.5, 0.6) is 5.75 Å². The van der Waals surface area contributed by atoms with Gasteiger partial charge in [0, 0.05) is 6.42 Å². The molecule has 3 aromatic carbocycles. The van der Waals surface area contributed by atoms with E-state index in [1.54, 1.807) is 6.08 Å². The maximum atomic E-state index is 9.29. The van der Waals surface area contributed by atoms with Crippen LogP contribution in [0.4, 0.5) is 0 Å². The predicted molar refractivity (Wildman–Crippen MR) is 128 cm³/mol. The first kappa shape index (κ1) is 21.6. The van der Waals surface area contributed by atoms with E-state index < -0.39 is 8.32 Å². The van der Waals surface area contributed by atoms with Crippen molar-refractivity contribution in [3.05, 3.63) is 103 Å². The fourth-order valence-corrected chi connectivity index (χ4v) is 8.32. The molecule has 0 aliphatic carbocycles. The minimum atomic E-state index is -2.65. The third kappa shape index (κ3) is 4.24. The highest BCUT2D eigenvalue weighted by molar-refractivity contribution is 7.00. The number of allylic oxidation sites excluding steroid dienone is 1. The first-order valence-electron chi connectivity index (χ1n) is 10.1. The zero-order valence-electron chi connectivity index (χ0n) is 17.9. The molecule has 0 aliphatic rings. The number of oxime groups is 1. The third-order valence-electron chi connectivity index (χ3n) is 5.33. The van der Waals surface area contributed by atoms with Crippen LogP contribution in [0, 0.1) is 0 Å². The van der Waals surface area contributed by atoms with E-state index in [1.165, 1.54) is 10.4 Å². The summed E-state index contributed by atoms with van der Waals surface area (Å²) >= 11 is 0. The Hall–Kier alpha value is -3.11. The van der Waals surface area contributed by atoms with Gasteiger partial charge in [0.2, 0.25) is 0 Å². The molecule has 0 spiro atoms. The summed E-state index contributed by atoms with van der Waals surface area (Å²) in [6.45, 7) is 10.5. The standard InChI is InChI=1S/C26H29NO2Si/c1-5-12-25(27-28)21-17-19-22(20-18-21)29-30(26(2,3)4,23-13-8-6-9-14-23)24-15-10-7-11-16-24/h5-11,13-20,28H,1,12H2,2-4H3/b27-25+. The first-order chi connectivity index (χ1) is 14.4. The molecule has 1 N–H and O–H groups in total. The molecule has 3 rings (SSSR count). The van der Waals surface area contributed by atoms with Crippen LogP contribution >= 0.6 is 0 Å². The average Bonchev–Trinajstić information content (AvgIpc) is 2.77. The molecule has 0 saturated carbocycles. The SMILES string of the molecule is C=CC/C(=N\O)c1ccc(O[Si](c2ccccc2)(c2ccccc2)C(C)(C)C)cc1. The summed E-state index contributed by atoms with van der Waals surface area (Å²) in [5, 5.41) is 15.1. The van der Waals surface area contributed by atoms with Crippen molar-refractivity contribution in [3.63, 3.8) is 0 Å². The highest BCUT2D eigenvalue weighted by Gasteiger charge is 2.52. The van der Waals surface area contributed by atoms with Gasteiger partial charge < -0.3 is 9.63 Å². The van der Waals surface area contributed by atoms with E-state index in [0.717, 1.165) is 11.3 Å². The largest absolute Gasteiger partial charge is 0.534 e. The Morgan fingerprint density at radius 1 is 0.900 bits per heavy atom. The molecular weight excluding hydrogens is 386 g/mol. The molecule has 0 aromatic heterocycles. The summed E-state index contributed by atoms with van der Waals surface area (Å²) in [6.07, 6.45) is 2.23. The summed E-state index contributed by atoms with van der Waals surface area (Å²) in [4.78, 5) is 0. The lowest BCUT2D eigenvalue weighted by atomic mass is 10.1. The molecule has 154 valence electrons. The Morgan fingerprint density at radius 3 is 1.80 bits per heavy atom. The maximum absolute atomic E-state index is 9.29. The number of rotatable bonds is 7. The summed E-state index contributed by atoms with van der Waals surface area (Å²) in [7, 11) is -2.65. The van der Waals surface area contributed by atoms with E-state index in [1.807, 2.05) is 36.4 Å². The van der Waals surface area contributed by atoms with Crippen LogP contribution in [-0.2, 0) is 0 Å². The number of hydrogen-bond acceptors (Lipinski definition) is 3. The van der Waals surface area contributed by atoms with Crippen LogP contribution in [0.15, 0.2) is 103 Å². The van der Waals surface area contributed by atoms with E-state index in [9.17, 15) is 5.21 Å². The van der Waals surface area contributed by atoms with Gasteiger partial charge >= 0.3 is 8.32 Å². The van der Waals surface area contributed by atoms with Gasteiger partial charge in [0.1, 0.15) is 5.75 Å². The van der Waals surface area contributed by atoms with Crippen LogP contribution in [0.25, 0.3) is 0 Å². The fraction of sp³-hybridized carbons (Fsp3) is 0.192. The van der Waals surface area contributed by atoms with Crippen LogP contribution < -0.4 is 14.8 Å². The highest BCUT2D eigenvalue weighted by Crippen LogP contribution is 2.37. The second-order valence-corrected chi connectivity index (χ2v) is 12.6. The molecule has 0 heterocycles. The minimum absolute atomic E-state index is 0.102. The van der Waals surface area contributed by atoms with Crippen LogP contribution in [-0.4, -0.2) is 19.2 Å². The normalized spacial score (nSPS) is 12.4. The monoisotopic (exact) mass is 415 g/mol. The zero-order chi connectivity index (χ0) is 21.6. The van der Waals surface area contributed by atoms with Crippen molar-refractivity contribution in [3.8, 4) is 5.75 Å². The molecule has 0 atom stereocenters. The smallest absolute Gasteiger partial charge is 0.319 e. The van der Waals surface area contributed by atoms with Crippen molar-refractivity contribution in [2.75, 3.05) is 0 Å². The van der Waals surface area contributed by atoms with Crippen molar-refractivity contribution >= 4 is 24.4 Å². The van der Waals surface area contributed by atoms with Crippen LogP contribution in [0.2, 0.25) is 5.04 Å². The van der Waals surface area contributed by atoms with Crippen molar-refractivity contribution < 1.29 is 9.63 Å². The molecule has 4 heteroatoms. The third-order valence-corrected chi connectivity index (χ3v) is 10.3. The topological polar surface area (TPSA) is 41.8 Å². The zero-order valence-corrected chi connectivity index (χ0v) is 18.9. The molecular formula is C26H29NO2Si. The van der Waals surface area contributed by atoms with Crippen molar-refractivity contribution in [2.45, 2.75) is 32.2 Å². The Balaban J connectivity index is 2.11. The highest BCUT2D eigenvalue weighted by atomic mass is 28.4. The predicted octanol–water partition coefficient (Wildman–Crippen LogP) is 5.38. The molecule has 3 aromatic rings. The van der Waals surface area contributed by atoms with Crippen LogP contribution in [0.3, 0.4) is 0 Å². The van der Waals surface area contributed by atoms with Gasteiger partial charge in [0.15, 0.2) is 0 Å². The van der Waals surface area contributed by atoms with Gasteiger partial charge in [-0.25, -0.2) is 0 Å². The second kappa shape index (κ2) is 9.14. The average molecular weight is 416 g/mol. The van der Waals surface area contributed by atoms with Gasteiger partial charge in [-0.15, -0.1) is 6.58 Å². The van der Waals surface area contributed by atoms with E-state index in [2.05, 4.69) is 81.0 Å². The lowest BCUT2D eigenvalue weighted by Crippen LogP contribution is -2.68. The number of benzene rings is 3. The Bertz CT molecular complexity index is 951. The molecule has 30 heavy (non-hydrogen) atoms. The quantitative estimate of drug-likeness (QED) is 0.185. The summed E-state index contributed by atoms with van der Waals surface area (Å²) < 4.78 is 6.98. The van der Waals surface area contributed by atoms with Crippen molar-refractivity contribution in [2.24, 2.45) is 5.16 Å². The Morgan fingerprint density at radius 2 is 1.40 bits per heavy atom. The molecule has 0 saturated heterocycles. The van der Waals surface area contributed by atoms with E-state index in [4.69, 9.17) is 4.43 Å². The van der Waals surface area contributed by atoms with Gasteiger partial charge in [-0.3, -0.25) is 0 Å². The van der Waals surface area contributed by atoms with Crippen molar-refractivity contribution in [1.29, 1.82) is 0 Å². The van der Waals surface area contributed by atoms with Gasteiger partial charge in [-0.2, -0.15) is 0 Å². The minimum Gasteiger partial charge on any atom is -0.534 e. The van der Waals surface area contributed by atoms with Crippen LogP contribution in [0.1, 0.15) is 32.8 Å². The molecule has 0 bridgehead atoms. The van der Waals surface area contributed by atoms with Gasteiger partial charge in [-0.05, 0) is 45.2 Å². The summed E-state index contributed by atoms with van der Waals surface area (Å²) in [5.74, 6) is 0.809. The Kier molecular flexibility index (Phi) is 6.58. The van der Waals surface area contributed by atoms with E-state index >= 15 is 0 Å². The van der Waals surface area contributed by atoms with Crippen molar-refractivity contribution in [1.82, 2.24) is 0 Å². The molecule has 0 fully saturated rings. The molecule has 0 radical (unpaired) electrons. The fourth-order valence-electron chi connectivity index (χ4n) is 3.89. The molecule has 0 unspecified atom stereocenters. The molecule has 3 nitrogen and oxygen atoms in total. The summed E-state index contributed by atoms with van der Waals surface area (Å²) in [5.41, 5.74) is 1.44. The first-order valence-corrected chi connectivity index (χ1v) is 12.1. The summed E-state index contributed by atoms with van der Waals surface area (Å²) in [6, 6.07) is 28.9.